The number of hydrogen-bond donors (Lipinski definition) is 2. The van der Waals surface area contributed by atoms with Crippen LogP contribution in [0.5, 0.6) is 5.75 Å². The van der Waals surface area contributed by atoms with Gasteiger partial charge in [-0.05, 0) is 43.4 Å². The quantitative estimate of drug-likeness (QED) is 0.886. The highest BCUT2D eigenvalue weighted by molar-refractivity contribution is 5.73. The molecule has 2 N–H and O–H groups in total. The van der Waals surface area contributed by atoms with Gasteiger partial charge in [-0.1, -0.05) is 12.1 Å². The molecule has 20 heavy (non-hydrogen) atoms. The third-order valence-electron chi connectivity index (χ3n) is 4.59. The third kappa shape index (κ3) is 2.80. The normalized spacial score (nSPS) is 29.4. The van der Waals surface area contributed by atoms with Gasteiger partial charge in [0.1, 0.15) is 5.75 Å². The molecule has 0 saturated carbocycles. The zero-order valence-corrected chi connectivity index (χ0v) is 11.9. The molecule has 2 saturated heterocycles. The van der Waals surface area contributed by atoms with E-state index in [0.29, 0.717) is 23.9 Å². The highest BCUT2D eigenvalue weighted by atomic mass is 16.3. The largest absolute Gasteiger partial charge is 0.508 e. The van der Waals surface area contributed by atoms with Crippen molar-refractivity contribution in [2.75, 3.05) is 0 Å². The van der Waals surface area contributed by atoms with Gasteiger partial charge >= 0.3 is 0 Å². The Hall–Kier alpha value is -1.55. The molecule has 1 unspecified atom stereocenters. The molecule has 4 heteroatoms. The Balaban J connectivity index is 1.65. The van der Waals surface area contributed by atoms with Gasteiger partial charge in [-0.15, -0.1) is 0 Å². The van der Waals surface area contributed by atoms with E-state index in [1.165, 1.54) is 18.4 Å². The van der Waals surface area contributed by atoms with E-state index in [2.05, 4.69) is 10.2 Å². The van der Waals surface area contributed by atoms with Crippen LogP contribution in [0.2, 0.25) is 0 Å². The van der Waals surface area contributed by atoms with E-state index < -0.39 is 0 Å². The standard InChI is InChI=1S/C16H22N2O2/c1-11(19)17-13-8-14-4-5-15(9-13)18(14)10-12-2-6-16(20)7-3-12/h2-3,6-7,13-15,20H,4-5,8-10H2,1H3,(H,17,19)/t13?,14-,15+. The molecule has 2 aliphatic rings. The summed E-state index contributed by atoms with van der Waals surface area (Å²) in [4.78, 5) is 13.8. The number of fused-ring (bicyclic) bond motifs is 2. The summed E-state index contributed by atoms with van der Waals surface area (Å²) in [5.74, 6) is 0.405. The second kappa shape index (κ2) is 5.44. The van der Waals surface area contributed by atoms with Crippen LogP contribution in [0.3, 0.4) is 0 Å². The Morgan fingerprint density at radius 2 is 1.85 bits per heavy atom. The number of phenols is 1. The van der Waals surface area contributed by atoms with Crippen LogP contribution in [0.1, 0.15) is 38.2 Å². The lowest BCUT2D eigenvalue weighted by Crippen LogP contribution is -2.49. The molecule has 2 bridgehead atoms. The number of rotatable bonds is 3. The van der Waals surface area contributed by atoms with Gasteiger partial charge in [0, 0.05) is 31.6 Å². The van der Waals surface area contributed by atoms with Gasteiger partial charge in [-0.25, -0.2) is 0 Å². The molecule has 2 fully saturated rings. The first-order valence-electron chi connectivity index (χ1n) is 7.42. The van der Waals surface area contributed by atoms with Crippen LogP contribution in [0.15, 0.2) is 24.3 Å². The fraction of sp³-hybridized carbons (Fsp3) is 0.562. The summed E-state index contributed by atoms with van der Waals surface area (Å²) >= 11 is 0. The monoisotopic (exact) mass is 274 g/mol. The van der Waals surface area contributed by atoms with Gasteiger partial charge in [-0.2, -0.15) is 0 Å². The second-order valence-electron chi connectivity index (χ2n) is 6.09. The minimum absolute atomic E-state index is 0.0846. The van der Waals surface area contributed by atoms with Crippen molar-refractivity contribution in [3.8, 4) is 5.75 Å². The Bertz CT molecular complexity index is 472. The summed E-state index contributed by atoms with van der Waals surface area (Å²) in [7, 11) is 0. The van der Waals surface area contributed by atoms with Crippen LogP contribution in [0.25, 0.3) is 0 Å². The first-order chi connectivity index (χ1) is 9.61. The SMILES string of the molecule is CC(=O)NC1C[C@H]2CC[C@@H](C1)N2Cc1ccc(O)cc1. The first kappa shape index (κ1) is 13.4. The molecule has 0 spiro atoms. The number of benzene rings is 1. The summed E-state index contributed by atoms with van der Waals surface area (Å²) in [6, 6.07) is 9.01. The van der Waals surface area contributed by atoms with Gasteiger partial charge in [0.25, 0.3) is 0 Å². The maximum Gasteiger partial charge on any atom is 0.217 e. The summed E-state index contributed by atoms with van der Waals surface area (Å²) in [6.07, 6.45) is 4.60. The van der Waals surface area contributed by atoms with Gasteiger partial charge in [-0.3, -0.25) is 9.69 Å². The number of nitrogens with one attached hydrogen (secondary N) is 1. The number of carbonyl (C=O) groups excluding carboxylic acids is 1. The number of carbonyl (C=O) groups is 1. The summed E-state index contributed by atoms with van der Waals surface area (Å²) < 4.78 is 0. The first-order valence-corrected chi connectivity index (χ1v) is 7.42. The highest BCUT2D eigenvalue weighted by Gasteiger charge is 2.40. The average molecular weight is 274 g/mol. The van der Waals surface area contributed by atoms with E-state index in [-0.39, 0.29) is 5.91 Å². The zero-order chi connectivity index (χ0) is 14.1. The lowest BCUT2D eigenvalue weighted by atomic mass is 9.96. The summed E-state index contributed by atoms with van der Waals surface area (Å²) in [6.45, 7) is 2.55. The molecule has 0 aliphatic carbocycles. The van der Waals surface area contributed by atoms with Gasteiger partial charge in [0.05, 0.1) is 0 Å². The number of aromatic hydroxyl groups is 1. The fourth-order valence-electron chi connectivity index (χ4n) is 3.75. The maximum absolute atomic E-state index is 11.2. The Labute approximate surface area is 119 Å². The minimum Gasteiger partial charge on any atom is -0.508 e. The molecular weight excluding hydrogens is 252 g/mol. The molecule has 2 heterocycles. The van der Waals surface area contributed by atoms with Crippen LogP contribution in [-0.2, 0) is 11.3 Å². The lowest BCUT2D eigenvalue weighted by Gasteiger charge is -2.39. The molecule has 0 aromatic heterocycles. The van der Waals surface area contributed by atoms with Gasteiger partial charge in [0.2, 0.25) is 5.91 Å². The zero-order valence-electron chi connectivity index (χ0n) is 11.9. The van der Waals surface area contributed by atoms with Gasteiger partial charge < -0.3 is 10.4 Å². The summed E-state index contributed by atoms with van der Waals surface area (Å²) in [5.41, 5.74) is 1.25. The molecule has 108 valence electrons. The Kier molecular flexibility index (Phi) is 3.66. The van der Waals surface area contributed by atoms with Crippen molar-refractivity contribution in [2.24, 2.45) is 0 Å². The van der Waals surface area contributed by atoms with Crippen molar-refractivity contribution in [3.63, 3.8) is 0 Å². The van der Waals surface area contributed by atoms with Crippen molar-refractivity contribution < 1.29 is 9.90 Å². The molecule has 0 radical (unpaired) electrons. The molecule has 3 rings (SSSR count). The van der Waals surface area contributed by atoms with E-state index in [1.807, 2.05) is 12.1 Å². The minimum atomic E-state index is 0.0846. The lowest BCUT2D eigenvalue weighted by molar-refractivity contribution is -0.120. The summed E-state index contributed by atoms with van der Waals surface area (Å²) in [5, 5.41) is 12.4. The molecule has 2 aliphatic heterocycles. The number of phenolic OH excluding ortho intramolecular Hbond substituents is 1. The number of hydrogen-bond acceptors (Lipinski definition) is 3. The number of piperidine rings is 1. The molecule has 1 amide bonds. The van der Waals surface area contributed by atoms with Crippen molar-refractivity contribution in [1.82, 2.24) is 10.2 Å². The molecule has 1 aromatic rings. The Morgan fingerprint density at radius 1 is 1.25 bits per heavy atom. The molecular formula is C16H22N2O2. The van der Waals surface area contributed by atoms with Crippen LogP contribution in [-0.4, -0.2) is 34.0 Å². The van der Waals surface area contributed by atoms with Crippen molar-refractivity contribution in [1.29, 1.82) is 0 Å². The van der Waals surface area contributed by atoms with Gasteiger partial charge in [0.15, 0.2) is 0 Å². The van der Waals surface area contributed by atoms with Crippen LogP contribution in [0.4, 0.5) is 0 Å². The van der Waals surface area contributed by atoms with Crippen molar-refractivity contribution >= 4 is 5.91 Å². The van der Waals surface area contributed by atoms with Crippen LogP contribution in [0, 0.1) is 0 Å². The predicted molar refractivity (Wildman–Crippen MR) is 77.3 cm³/mol. The van der Waals surface area contributed by atoms with E-state index >= 15 is 0 Å². The van der Waals surface area contributed by atoms with E-state index in [9.17, 15) is 9.90 Å². The Morgan fingerprint density at radius 3 is 2.40 bits per heavy atom. The molecule has 1 aromatic carbocycles. The fourth-order valence-corrected chi connectivity index (χ4v) is 3.75. The maximum atomic E-state index is 11.2. The predicted octanol–water partition coefficient (Wildman–Crippen LogP) is 2.02. The topological polar surface area (TPSA) is 52.6 Å². The van der Waals surface area contributed by atoms with E-state index in [1.54, 1.807) is 19.1 Å². The van der Waals surface area contributed by atoms with Crippen LogP contribution >= 0.6 is 0 Å². The second-order valence-corrected chi connectivity index (χ2v) is 6.09. The average Bonchev–Trinajstić information content (AvgIpc) is 2.63. The highest BCUT2D eigenvalue weighted by Crippen LogP contribution is 2.36. The third-order valence-corrected chi connectivity index (χ3v) is 4.59. The number of nitrogens with zero attached hydrogens (tertiary/aromatic N) is 1. The van der Waals surface area contributed by atoms with Crippen LogP contribution < -0.4 is 5.32 Å². The number of amides is 1. The molecule has 3 atom stereocenters. The van der Waals surface area contributed by atoms with E-state index in [4.69, 9.17) is 0 Å². The van der Waals surface area contributed by atoms with Crippen molar-refractivity contribution in [2.45, 2.75) is 57.3 Å². The smallest absolute Gasteiger partial charge is 0.217 e. The van der Waals surface area contributed by atoms with E-state index in [0.717, 1.165) is 19.4 Å². The molecule has 4 nitrogen and oxygen atoms in total. The van der Waals surface area contributed by atoms with Crippen molar-refractivity contribution in [3.05, 3.63) is 29.8 Å².